The third-order valence-electron chi connectivity index (χ3n) is 4.21. The first kappa shape index (κ1) is 15.1. The van der Waals surface area contributed by atoms with Gasteiger partial charge in [-0.3, -0.25) is 4.79 Å². The van der Waals surface area contributed by atoms with Gasteiger partial charge in [-0.2, -0.15) is 0 Å². The number of hydrogen-bond acceptors (Lipinski definition) is 4. The summed E-state index contributed by atoms with van der Waals surface area (Å²) in [5.41, 5.74) is 8.59. The van der Waals surface area contributed by atoms with Crippen molar-refractivity contribution in [2.45, 2.75) is 25.4 Å². The van der Waals surface area contributed by atoms with Gasteiger partial charge in [-0.05, 0) is 37.6 Å². The van der Waals surface area contributed by atoms with Crippen molar-refractivity contribution in [2.24, 2.45) is 5.73 Å². The van der Waals surface area contributed by atoms with Crippen LogP contribution in [0.5, 0.6) is 0 Å². The zero-order chi connectivity index (χ0) is 15.5. The summed E-state index contributed by atoms with van der Waals surface area (Å²) >= 11 is 1.60. The number of benzene rings is 1. The maximum absolute atomic E-state index is 11.2. The second kappa shape index (κ2) is 6.50. The van der Waals surface area contributed by atoms with Gasteiger partial charge < -0.3 is 16.0 Å². The smallest absolute Gasteiger partial charge is 0.249 e. The minimum absolute atomic E-state index is 0.353. The van der Waals surface area contributed by atoms with Gasteiger partial charge in [-0.15, -0.1) is 11.3 Å². The first-order valence-corrected chi connectivity index (χ1v) is 8.45. The van der Waals surface area contributed by atoms with Crippen LogP contribution >= 0.6 is 11.3 Å². The van der Waals surface area contributed by atoms with Crippen LogP contribution in [0.1, 0.15) is 39.7 Å². The Morgan fingerprint density at radius 3 is 3.00 bits per heavy atom. The molecule has 0 saturated carbocycles. The van der Waals surface area contributed by atoms with Crippen LogP contribution in [0.25, 0.3) is 0 Å². The molecule has 2 aromatic rings. The summed E-state index contributed by atoms with van der Waals surface area (Å²) in [6.45, 7) is 1.85. The number of thiophene rings is 1. The number of amides is 1. The van der Waals surface area contributed by atoms with Gasteiger partial charge in [0.1, 0.15) is 0 Å². The number of nitrogens with one attached hydrogen (secondary N) is 1. The Morgan fingerprint density at radius 1 is 1.45 bits per heavy atom. The largest absolute Gasteiger partial charge is 0.366 e. The second-order valence-electron chi connectivity index (χ2n) is 5.63. The zero-order valence-electron chi connectivity index (χ0n) is 12.7. The highest BCUT2D eigenvalue weighted by Gasteiger charge is 2.22. The molecule has 0 bridgehead atoms. The van der Waals surface area contributed by atoms with E-state index in [9.17, 15) is 4.79 Å². The van der Waals surface area contributed by atoms with Gasteiger partial charge in [-0.25, -0.2) is 0 Å². The van der Waals surface area contributed by atoms with E-state index in [-0.39, 0.29) is 5.91 Å². The Labute approximate surface area is 134 Å². The molecule has 1 aliphatic heterocycles. The monoisotopic (exact) mass is 315 g/mol. The number of hydrogen-bond donors (Lipinski definition) is 2. The summed E-state index contributed by atoms with van der Waals surface area (Å²) < 4.78 is 0. The topological polar surface area (TPSA) is 58.4 Å². The average Bonchev–Trinajstić information content (AvgIpc) is 2.92. The lowest BCUT2D eigenvalue weighted by Crippen LogP contribution is -2.23. The first-order valence-electron chi connectivity index (χ1n) is 7.57. The van der Waals surface area contributed by atoms with Crippen LogP contribution in [0.15, 0.2) is 35.7 Å². The number of rotatable bonds is 4. The van der Waals surface area contributed by atoms with Gasteiger partial charge >= 0.3 is 0 Å². The van der Waals surface area contributed by atoms with E-state index in [1.807, 2.05) is 18.5 Å². The molecule has 3 N–H and O–H groups in total. The quantitative estimate of drug-likeness (QED) is 0.912. The summed E-state index contributed by atoms with van der Waals surface area (Å²) in [5.74, 6) is -0.353. The Morgan fingerprint density at radius 2 is 2.27 bits per heavy atom. The molecule has 1 amide bonds. The van der Waals surface area contributed by atoms with E-state index < -0.39 is 0 Å². The zero-order valence-corrected chi connectivity index (χ0v) is 13.5. The van der Waals surface area contributed by atoms with Crippen LogP contribution in [-0.4, -0.2) is 19.5 Å². The van der Waals surface area contributed by atoms with Crippen molar-refractivity contribution in [3.05, 3.63) is 51.7 Å². The number of para-hydroxylation sites is 1. The van der Waals surface area contributed by atoms with Crippen molar-refractivity contribution < 1.29 is 4.79 Å². The number of anilines is 1. The van der Waals surface area contributed by atoms with E-state index in [0.29, 0.717) is 11.6 Å². The van der Waals surface area contributed by atoms with E-state index in [0.717, 1.165) is 25.9 Å². The van der Waals surface area contributed by atoms with Crippen LogP contribution in [0.3, 0.4) is 0 Å². The fourth-order valence-electron chi connectivity index (χ4n) is 3.08. The lowest BCUT2D eigenvalue weighted by Gasteiger charge is -2.25. The molecule has 5 heteroatoms. The maximum atomic E-state index is 11.2. The predicted molar refractivity (Wildman–Crippen MR) is 91.4 cm³/mol. The van der Waals surface area contributed by atoms with Gasteiger partial charge in [0.15, 0.2) is 0 Å². The van der Waals surface area contributed by atoms with Gasteiger partial charge in [0.2, 0.25) is 5.91 Å². The Bertz CT molecular complexity index is 667. The Balaban J connectivity index is 1.87. The molecule has 4 nitrogen and oxygen atoms in total. The number of primary amides is 1. The summed E-state index contributed by atoms with van der Waals surface area (Å²) in [4.78, 5) is 14.8. The lowest BCUT2D eigenvalue weighted by molar-refractivity contribution is 0.100. The fraction of sp³-hybridized carbons (Fsp3) is 0.353. The maximum Gasteiger partial charge on any atom is 0.249 e. The van der Waals surface area contributed by atoms with Gasteiger partial charge in [-0.1, -0.05) is 18.2 Å². The number of nitrogens with two attached hydrogens (primary N) is 1. The molecule has 0 fully saturated rings. The molecule has 22 heavy (non-hydrogen) atoms. The SMILES string of the molecule is CNC1CCCN(Cc2cc(C(N)=O)cs2)c2ccccc21. The minimum Gasteiger partial charge on any atom is -0.366 e. The third kappa shape index (κ3) is 3.00. The minimum atomic E-state index is -0.353. The molecule has 0 spiro atoms. The van der Waals surface area contributed by atoms with E-state index in [4.69, 9.17) is 5.73 Å². The molecular formula is C17H21N3OS. The molecule has 1 unspecified atom stereocenters. The number of nitrogens with zero attached hydrogens (tertiary/aromatic N) is 1. The Hall–Kier alpha value is -1.85. The van der Waals surface area contributed by atoms with Crippen LogP contribution in [0.2, 0.25) is 0 Å². The van der Waals surface area contributed by atoms with Crippen molar-refractivity contribution in [1.29, 1.82) is 0 Å². The summed E-state index contributed by atoms with van der Waals surface area (Å²) in [6, 6.07) is 10.9. The normalized spacial score (nSPS) is 17.9. The summed E-state index contributed by atoms with van der Waals surface area (Å²) in [6.07, 6.45) is 2.29. The molecule has 0 aliphatic carbocycles. The van der Waals surface area contributed by atoms with Crippen molar-refractivity contribution >= 4 is 22.9 Å². The third-order valence-corrected chi connectivity index (χ3v) is 5.13. The highest BCUT2D eigenvalue weighted by molar-refractivity contribution is 7.10. The second-order valence-corrected chi connectivity index (χ2v) is 6.63. The number of carbonyl (C=O) groups excluding carboxylic acids is 1. The molecule has 1 aliphatic rings. The molecule has 1 aromatic carbocycles. The molecule has 2 heterocycles. The van der Waals surface area contributed by atoms with Gasteiger partial charge in [0, 0.05) is 28.5 Å². The van der Waals surface area contributed by atoms with Crippen molar-refractivity contribution in [3.63, 3.8) is 0 Å². The number of carbonyl (C=O) groups is 1. The molecule has 0 radical (unpaired) electrons. The fourth-order valence-corrected chi connectivity index (χ4v) is 3.97. The van der Waals surface area contributed by atoms with Crippen LogP contribution in [0.4, 0.5) is 5.69 Å². The van der Waals surface area contributed by atoms with E-state index in [2.05, 4.69) is 34.5 Å². The van der Waals surface area contributed by atoms with Crippen molar-refractivity contribution in [2.75, 3.05) is 18.5 Å². The Kier molecular flexibility index (Phi) is 4.45. The summed E-state index contributed by atoms with van der Waals surface area (Å²) in [5, 5.41) is 5.26. The molecule has 1 atom stereocenters. The van der Waals surface area contributed by atoms with Gasteiger partial charge in [0.25, 0.3) is 0 Å². The van der Waals surface area contributed by atoms with E-state index in [1.54, 1.807) is 11.3 Å². The van der Waals surface area contributed by atoms with Crippen LogP contribution in [-0.2, 0) is 6.54 Å². The summed E-state index contributed by atoms with van der Waals surface area (Å²) in [7, 11) is 2.02. The lowest BCUT2D eigenvalue weighted by atomic mass is 10.0. The molecule has 0 saturated heterocycles. The van der Waals surface area contributed by atoms with Gasteiger partial charge in [0.05, 0.1) is 12.1 Å². The number of fused-ring (bicyclic) bond motifs is 1. The van der Waals surface area contributed by atoms with Crippen molar-refractivity contribution in [3.8, 4) is 0 Å². The first-order chi connectivity index (χ1) is 10.7. The predicted octanol–water partition coefficient (Wildman–Crippen LogP) is 2.91. The van der Waals surface area contributed by atoms with Crippen molar-refractivity contribution in [1.82, 2.24) is 5.32 Å². The molecule has 3 rings (SSSR count). The standard InChI is InChI=1S/C17H21N3OS/c1-19-15-6-4-8-20(16-7-3-2-5-14(15)16)10-13-9-12(11-22-13)17(18)21/h2-3,5,7,9,11,15,19H,4,6,8,10H2,1H3,(H2,18,21). The van der Waals surface area contributed by atoms with E-state index >= 15 is 0 Å². The van der Waals surface area contributed by atoms with E-state index in [1.165, 1.54) is 16.1 Å². The van der Waals surface area contributed by atoms with Crippen LogP contribution in [0, 0.1) is 0 Å². The average molecular weight is 315 g/mol. The van der Waals surface area contributed by atoms with Crippen LogP contribution < -0.4 is 16.0 Å². The highest BCUT2D eigenvalue weighted by Crippen LogP contribution is 2.34. The molecule has 1 aromatic heterocycles. The molecular weight excluding hydrogens is 294 g/mol. The molecule has 116 valence electrons. The highest BCUT2D eigenvalue weighted by atomic mass is 32.1.